The van der Waals surface area contributed by atoms with E-state index in [4.69, 9.17) is 4.74 Å². The molecule has 0 aromatic heterocycles. The average molecular weight is 288 g/mol. The van der Waals surface area contributed by atoms with E-state index >= 15 is 0 Å². The number of hydrogen-bond donors (Lipinski definition) is 1. The van der Waals surface area contributed by atoms with Crippen LogP contribution in [-0.4, -0.2) is 43.2 Å². The first kappa shape index (κ1) is 14.5. The predicted molar refractivity (Wildman–Crippen MR) is 81.9 cm³/mol. The number of benzene rings is 1. The number of carbonyl (C=O) groups excluding carboxylic acids is 1. The Hall–Kier alpha value is -1.39. The fraction of sp³-hybridized carbons (Fsp3) is 0.588. The highest BCUT2D eigenvalue weighted by Gasteiger charge is 2.33. The minimum Gasteiger partial charge on any atom is -0.379 e. The number of nitrogens with zero attached hydrogens (tertiary/aromatic N) is 1. The molecule has 2 aliphatic rings. The van der Waals surface area contributed by atoms with Gasteiger partial charge in [-0.25, -0.2) is 0 Å². The molecule has 1 aromatic carbocycles. The SMILES string of the molecule is C[C@@H](NC(=O)C1CC1)[C@H](c1ccccc1)N1CCOCC1. The van der Waals surface area contributed by atoms with Crippen LogP contribution >= 0.6 is 0 Å². The van der Waals surface area contributed by atoms with Crippen LogP contribution in [0.2, 0.25) is 0 Å². The van der Waals surface area contributed by atoms with E-state index in [1.807, 2.05) is 6.07 Å². The molecule has 1 amide bonds. The van der Waals surface area contributed by atoms with Crippen LogP contribution in [0.5, 0.6) is 0 Å². The van der Waals surface area contributed by atoms with Gasteiger partial charge in [0.2, 0.25) is 5.91 Å². The predicted octanol–water partition coefficient (Wildman–Crippen LogP) is 1.97. The van der Waals surface area contributed by atoms with E-state index in [0.717, 1.165) is 39.1 Å². The number of morpholine rings is 1. The van der Waals surface area contributed by atoms with Crippen LogP contribution in [-0.2, 0) is 9.53 Å². The number of amides is 1. The summed E-state index contributed by atoms with van der Waals surface area (Å²) in [4.78, 5) is 14.5. The zero-order valence-corrected chi connectivity index (χ0v) is 12.6. The summed E-state index contributed by atoms with van der Waals surface area (Å²) in [6.45, 7) is 5.50. The summed E-state index contributed by atoms with van der Waals surface area (Å²) < 4.78 is 5.47. The minimum atomic E-state index is 0.110. The van der Waals surface area contributed by atoms with Gasteiger partial charge in [0.05, 0.1) is 19.3 Å². The molecule has 4 heteroatoms. The van der Waals surface area contributed by atoms with Gasteiger partial charge >= 0.3 is 0 Å². The molecule has 0 spiro atoms. The van der Waals surface area contributed by atoms with E-state index in [1.54, 1.807) is 0 Å². The molecule has 21 heavy (non-hydrogen) atoms. The lowest BCUT2D eigenvalue weighted by Crippen LogP contribution is -2.48. The van der Waals surface area contributed by atoms with Crippen LogP contribution in [0, 0.1) is 5.92 Å². The Morgan fingerprint density at radius 1 is 1.24 bits per heavy atom. The van der Waals surface area contributed by atoms with Crippen molar-refractivity contribution in [2.24, 2.45) is 5.92 Å². The first-order chi connectivity index (χ1) is 10.3. The van der Waals surface area contributed by atoms with Gasteiger partial charge in [0, 0.05) is 25.0 Å². The summed E-state index contributed by atoms with van der Waals surface area (Å²) in [5.74, 6) is 0.477. The Labute approximate surface area is 126 Å². The second-order valence-electron chi connectivity index (χ2n) is 6.08. The molecule has 2 atom stereocenters. The molecule has 0 unspecified atom stereocenters. The zero-order valence-electron chi connectivity index (χ0n) is 12.6. The lowest BCUT2D eigenvalue weighted by Gasteiger charge is -2.38. The van der Waals surface area contributed by atoms with Crippen LogP contribution in [0.3, 0.4) is 0 Å². The zero-order chi connectivity index (χ0) is 14.7. The van der Waals surface area contributed by atoms with E-state index < -0.39 is 0 Å². The Morgan fingerprint density at radius 3 is 2.52 bits per heavy atom. The molecule has 3 rings (SSSR count). The molecule has 0 radical (unpaired) electrons. The Kier molecular flexibility index (Phi) is 4.56. The third kappa shape index (κ3) is 3.63. The number of hydrogen-bond acceptors (Lipinski definition) is 3. The third-order valence-electron chi connectivity index (χ3n) is 4.37. The van der Waals surface area contributed by atoms with Gasteiger partial charge < -0.3 is 10.1 Å². The van der Waals surface area contributed by atoms with Gasteiger partial charge in [-0.1, -0.05) is 30.3 Å². The Morgan fingerprint density at radius 2 is 1.90 bits per heavy atom. The monoisotopic (exact) mass is 288 g/mol. The number of carbonyl (C=O) groups is 1. The highest BCUT2D eigenvalue weighted by molar-refractivity contribution is 5.81. The molecule has 1 aliphatic carbocycles. The van der Waals surface area contributed by atoms with Crippen molar-refractivity contribution in [1.29, 1.82) is 0 Å². The first-order valence-electron chi connectivity index (χ1n) is 7.93. The molecule has 0 bridgehead atoms. The maximum absolute atomic E-state index is 12.1. The highest BCUT2D eigenvalue weighted by atomic mass is 16.5. The van der Waals surface area contributed by atoms with Crippen LogP contribution in [0.15, 0.2) is 30.3 Å². The first-order valence-corrected chi connectivity index (χ1v) is 7.93. The quantitative estimate of drug-likeness (QED) is 0.901. The number of ether oxygens (including phenoxy) is 1. The van der Waals surface area contributed by atoms with Crippen LogP contribution < -0.4 is 5.32 Å². The fourth-order valence-electron chi connectivity index (χ4n) is 3.09. The van der Waals surface area contributed by atoms with E-state index in [2.05, 4.69) is 41.4 Å². The molecule has 1 saturated heterocycles. The second-order valence-corrected chi connectivity index (χ2v) is 6.08. The molecule has 1 N–H and O–H groups in total. The van der Waals surface area contributed by atoms with E-state index in [-0.39, 0.29) is 23.9 Å². The molecule has 2 fully saturated rings. The van der Waals surface area contributed by atoms with Gasteiger partial charge in [-0.05, 0) is 25.3 Å². The second kappa shape index (κ2) is 6.58. The van der Waals surface area contributed by atoms with E-state index in [1.165, 1.54) is 5.56 Å². The summed E-state index contributed by atoms with van der Waals surface area (Å²) in [5, 5.41) is 3.22. The number of nitrogens with one attached hydrogen (secondary N) is 1. The minimum absolute atomic E-state index is 0.110. The smallest absolute Gasteiger partial charge is 0.223 e. The van der Waals surface area contributed by atoms with Crippen molar-refractivity contribution in [2.75, 3.05) is 26.3 Å². The molecular weight excluding hydrogens is 264 g/mol. The summed E-state index contributed by atoms with van der Waals surface area (Å²) >= 11 is 0. The van der Waals surface area contributed by atoms with E-state index in [9.17, 15) is 4.79 Å². The van der Waals surface area contributed by atoms with Crippen molar-refractivity contribution in [2.45, 2.75) is 31.8 Å². The van der Waals surface area contributed by atoms with Crippen LogP contribution in [0.1, 0.15) is 31.4 Å². The largest absolute Gasteiger partial charge is 0.379 e. The van der Waals surface area contributed by atoms with Crippen molar-refractivity contribution in [3.8, 4) is 0 Å². The normalized spacial score (nSPS) is 22.5. The summed E-state index contributed by atoms with van der Waals surface area (Å²) in [7, 11) is 0. The number of rotatable bonds is 5. The van der Waals surface area contributed by atoms with Crippen LogP contribution in [0.4, 0.5) is 0 Å². The van der Waals surface area contributed by atoms with Gasteiger partial charge in [-0.15, -0.1) is 0 Å². The standard InChI is InChI=1S/C17H24N2O2/c1-13(18-17(20)15-7-8-15)16(14-5-3-2-4-6-14)19-9-11-21-12-10-19/h2-6,13,15-16H,7-12H2,1H3,(H,18,20)/t13-,16-/m1/s1. The topological polar surface area (TPSA) is 41.6 Å². The molecule has 4 nitrogen and oxygen atoms in total. The molecule has 1 aliphatic heterocycles. The van der Waals surface area contributed by atoms with Gasteiger partial charge in [0.15, 0.2) is 0 Å². The maximum Gasteiger partial charge on any atom is 0.223 e. The Bertz CT molecular complexity index is 467. The van der Waals surface area contributed by atoms with Gasteiger partial charge in [-0.3, -0.25) is 9.69 Å². The molecular formula is C17H24N2O2. The molecule has 1 heterocycles. The lowest BCUT2D eigenvalue weighted by molar-refractivity contribution is -0.123. The van der Waals surface area contributed by atoms with Crippen molar-refractivity contribution in [1.82, 2.24) is 10.2 Å². The third-order valence-corrected chi connectivity index (χ3v) is 4.37. The molecule has 114 valence electrons. The summed E-state index contributed by atoms with van der Waals surface area (Å²) in [5.41, 5.74) is 1.27. The Balaban J connectivity index is 1.75. The van der Waals surface area contributed by atoms with Gasteiger partial charge in [-0.2, -0.15) is 0 Å². The van der Waals surface area contributed by atoms with Crippen molar-refractivity contribution in [3.05, 3.63) is 35.9 Å². The highest BCUT2D eigenvalue weighted by Crippen LogP contribution is 2.30. The van der Waals surface area contributed by atoms with Crippen molar-refractivity contribution in [3.63, 3.8) is 0 Å². The van der Waals surface area contributed by atoms with Crippen molar-refractivity contribution < 1.29 is 9.53 Å². The van der Waals surface area contributed by atoms with Crippen molar-refractivity contribution >= 4 is 5.91 Å². The molecule has 1 saturated carbocycles. The summed E-state index contributed by atoms with van der Waals surface area (Å²) in [6, 6.07) is 10.8. The maximum atomic E-state index is 12.1. The fourth-order valence-corrected chi connectivity index (χ4v) is 3.09. The van der Waals surface area contributed by atoms with E-state index in [0.29, 0.717) is 0 Å². The lowest BCUT2D eigenvalue weighted by atomic mass is 9.98. The average Bonchev–Trinajstić information content (AvgIpc) is 3.34. The van der Waals surface area contributed by atoms with Crippen LogP contribution in [0.25, 0.3) is 0 Å². The van der Waals surface area contributed by atoms with Gasteiger partial charge in [0.1, 0.15) is 0 Å². The molecule has 1 aromatic rings. The summed E-state index contributed by atoms with van der Waals surface area (Å²) in [6.07, 6.45) is 2.10. The van der Waals surface area contributed by atoms with Gasteiger partial charge in [0.25, 0.3) is 0 Å².